The number of amides is 2. The molecule has 0 aliphatic carbocycles. The predicted molar refractivity (Wildman–Crippen MR) is 79.3 cm³/mol. The molecule has 2 amide bonds. The predicted octanol–water partition coefficient (Wildman–Crippen LogP) is 3.20. The summed E-state index contributed by atoms with van der Waals surface area (Å²) in [4.78, 5) is 11.7. The van der Waals surface area contributed by atoms with E-state index in [1.807, 2.05) is 24.3 Å². The summed E-state index contributed by atoms with van der Waals surface area (Å²) in [6, 6.07) is 12.6. The Hall–Kier alpha value is -2.40. The minimum Gasteiger partial charge on any atom is -0.389 e. The highest BCUT2D eigenvalue weighted by atomic mass is 19.1. The van der Waals surface area contributed by atoms with Gasteiger partial charge in [-0.25, -0.2) is 9.18 Å². The van der Waals surface area contributed by atoms with Gasteiger partial charge in [0.05, 0.1) is 6.10 Å². The van der Waals surface area contributed by atoms with Crippen molar-refractivity contribution in [3.8, 4) is 0 Å². The zero-order valence-corrected chi connectivity index (χ0v) is 11.6. The van der Waals surface area contributed by atoms with Gasteiger partial charge in [0.25, 0.3) is 0 Å². The van der Waals surface area contributed by atoms with Crippen molar-refractivity contribution >= 4 is 11.7 Å². The third-order valence-electron chi connectivity index (χ3n) is 3.00. The Morgan fingerprint density at radius 3 is 2.57 bits per heavy atom. The molecule has 0 saturated heterocycles. The van der Waals surface area contributed by atoms with Gasteiger partial charge in [0.2, 0.25) is 0 Å². The maximum absolute atomic E-state index is 13.0. The Morgan fingerprint density at radius 2 is 1.95 bits per heavy atom. The number of rotatable bonds is 4. The van der Waals surface area contributed by atoms with E-state index in [-0.39, 0.29) is 0 Å². The molecule has 0 aliphatic heterocycles. The molecule has 3 N–H and O–H groups in total. The molecule has 0 saturated carbocycles. The summed E-state index contributed by atoms with van der Waals surface area (Å²) >= 11 is 0. The summed E-state index contributed by atoms with van der Waals surface area (Å²) in [5.41, 5.74) is 2.13. The molecule has 0 radical (unpaired) electrons. The van der Waals surface area contributed by atoms with E-state index in [2.05, 4.69) is 10.6 Å². The minimum atomic E-state index is -0.511. The number of benzene rings is 2. The number of carbonyl (C=O) groups is 1. The van der Waals surface area contributed by atoms with Gasteiger partial charge in [-0.2, -0.15) is 0 Å². The van der Waals surface area contributed by atoms with E-state index in [0.29, 0.717) is 12.2 Å². The van der Waals surface area contributed by atoms with Crippen LogP contribution in [0.5, 0.6) is 0 Å². The van der Waals surface area contributed by atoms with Gasteiger partial charge >= 0.3 is 6.03 Å². The lowest BCUT2D eigenvalue weighted by molar-refractivity contribution is 0.199. The fourth-order valence-electron chi connectivity index (χ4n) is 1.84. The number of hydrogen-bond donors (Lipinski definition) is 3. The van der Waals surface area contributed by atoms with Crippen LogP contribution in [0, 0.1) is 5.82 Å². The standard InChI is InChI=1S/C16H17FN2O2/c1-11(20)13-7-5-12(6-8-13)10-18-16(21)19-15-4-2-3-14(17)9-15/h2-9,11,20H,10H2,1H3,(H2,18,19,21)/t11-/m1/s1. The van der Waals surface area contributed by atoms with Crippen LogP contribution >= 0.6 is 0 Å². The largest absolute Gasteiger partial charge is 0.389 e. The van der Waals surface area contributed by atoms with Crippen molar-refractivity contribution in [2.45, 2.75) is 19.6 Å². The third kappa shape index (κ3) is 4.57. The highest BCUT2D eigenvalue weighted by Gasteiger charge is 2.04. The van der Waals surface area contributed by atoms with Crippen LogP contribution in [0.1, 0.15) is 24.2 Å². The van der Waals surface area contributed by atoms with Gasteiger partial charge in [-0.3, -0.25) is 0 Å². The molecule has 0 unspecified atom stereocenters. The molecule has 0 aliphatic rings. The summed E-state index contributed by atoms with van der Waals surface area (Å²) in [7, 11) is 0. The van der Waals surface area contributed by atoms with Gasteiger partial charge in [-0.05, 0) is 36.2 Å². The van der Waals surface area contributed by atoms with Gasteiger partial charge in [-0.1, -0.05) is 30.3 Å². The van der Waals surface area contributed by atoms with Crippen LogP contribution in [0.25, 0.3) is 0 Å². The topological polar surface area (TPSA) is 61.4 Å². The maximum Gasteiger partial charge on any atom is 0.319 e. The zero-order chi connectivity index (χ0) is 15.2. The van der Waals surface area contributed by atoms with E-state index >= 15 is 0 Å². The molecule has 1 atom stereocenters. The first-order chi connectivity index (χ1) is 10.0. The Kier molecular flexibility index (Phi) is 4.90. The van der Waals surface area contributed by atoms with Crippen LogP contribution in [-0.4, -0.2) is 11.1 Å². The number of aliphatic hydroxyl groups excluding tert-OH is 1. The van der Waals surface area contributed by atoms with Gasteiger partial charge < -0.3 is 15.7 Å². The first-order valence-corrected chi connectivity index (χ1v) is 6.62. The average Bonchev–Trinajstić information content (AvgIpc) is 2.45. The Morgan fingerprint density at radius 1 is 1.24 bits per heavy atom. The van der Waals surface area contributed by atoms with Crippen molar-refractivity contribution in [3.05, 3.63) is 65.5 Å². The molecule has 4 nitrogen and oxygen atoms in total. The summed E-state index contributed by atoms with van der Waals surface area (Å²) in [6.45, 7) is 2.04. The van der Waals surface area contributed by atoms with Gasteiger partial charge in [0.1, 0.15) is 5.82 Å². The van der Waals surface area contributed by atoms with Crippen LogP contribution in [0.2, 0.25) is 0 Å². The summed E-state index contributed by atoms with van der Waals surface area (Å²) in [6.07, 6.45) is -0.511. The second-order valence-corrected chi connectivity index (χ2v) is 4.74. The molecule has 5 heteroatoms. The quantitative estimate of drug-likeness (QED) is 0.809. The molecule has 0 heterocycles. The SMILES string of the molecule is C[C@@H](O)c1ccc(CNC(=O)Nc2cccc(F)c2)cc1. The van der Waals surface area contributed by atoms with Crippen molar-refractivity contribution in [2.75, 3.05) is 5.32 Å². The van der Waals surface area contributed by atoms with Crippen molar-refractivity contribution in [1.82, 2.24) is 5.32 Å². The number of hydrogen-bond acceptors (Lipinski definition) is 2. The molecule has 0 aromatic heterocycles. The molecule has 0 bridgehead atoms. The zero-order valence-electron chi connectivity index (χ0n) is 11.6. The lowest BCUT2D eigenvalue weighted by Gasteiger charge is -2.09. The maximum atomic E-state index is 13.0. The van der Waals surface area contributed by atoms with Crippen LogP contribution in [0.4, 0.5) is 14.9 Å². The van der Waals surface area contributed by atoms with Crippen molar-refractivity contribution in [3.63, 3.8) is 0 Å². The smallest absolute Gasteiger partial charge is 0.319 e. The number of anilines is 1. The monoisotopic (exact) mass is 288 g/mol. The fraction of sp³-hybridized carbons (Fsp3) is 0.188. The minimum absolute atomic E-state index is 0.348. The van der Waals surface area contributed by atoms with Crippen LogP contribution < -0.4 is 10.6 Å². The van der Waals surface area contributed by atoms with Crippen LogP contribution in [-0.2, 0) is 6.54 Å². The third-order valence-corrected chi connectivity index (χ3v) is 3.00. The number of carbonyl (C=O) groups excluding carboxylic acids is 1. The highest BCUT2D eigenvalue weighted by molar-refractivity contribution is 5.89. The van der Waals surface area contributed by atoms with Crippen LogP contribution in [0.15, 0.2) is 48.5 Å². The van der Waals surface area contributed by atoms with Gasteiger partial charge in [0.15, 0.2) is 0 Å². The molecular weight excluding hydrogens is 271 g/mol. The van der Waals surface area contributed by atoms with E-state index in [1.54, 1.807) is 13.0 Å². The number of nitrogens with one attached hydrogen (secondary N) is 2. The fourth-order valence-corrected chi connectivity index (χ4v) is 1.84. The molecule has 2 aromatic carbocycles. The Labute approximate surface area is 122 Å². The van der Waals surface area contributed by atoms with E-state index in [4.69, 9.17) is 0 Å². The lowest BCUT2D eigenvalue weighted by Crippen LogP contribution is -2.28. The molecule has 2 aromatic rings. The van der Waals surface area contributed by atoms with Gasteiger partial charge in [-0.15, -0.1) is 0 Å². The summed E-state index contributed by atoms with van der Waals surface area (Å²) < 4.78 is 13.0. The first-order valence-electron chi connectivity index (χ1n) is 6.62. The number of urea groups is 1. The number of aliphatic hydroxyl groups is 1. The molecule has 0 spiro atoms. The molecule has 0 fully saturated rings. The Balaban J connectivity index is 1.86. The number of halogens is 1. The normalized spacial score (nSPS) is 11.8. The van der Waals surface area contributed by atoms with Crippen molar-refractivity contribution in [1.29, 1.82) is 0 Å². The molecule has 2 rings (SSSR count). The highest BCUT2D eigenvalue weighted by Crippen LogP contribution is 2.13. The van der Waals surface area contributed by atoms with Crippen molar-refractivity contribution in [2.24, 2.45) is 0 Å². The average molecular weight is 288 g/mol. The lowest BCUT2D eigenvalue weighted by atomic mass is 10.1. The van der Waals surface area contributed by atoms with Gasteiger partial charge in [0, 0.05) is 12.2 Å². The second kappa shape index (κ2) is 6.85. The van der Waals surface area contributed by atoms with E-state index < -0.39 is 18.0 Å². The van der Waals surface area contributed by atoms with E-state index in [0.717, 1.165) is 11.1 Å². The second-order valence-electron chi connectivity index (χ2n) is 4.74. The molecular formula is C16H17FN2O2. The summed E-state index contributed by atoms with van der Waals surface area (Å²) in [5, 5.41) is 14.6. The molecule has 21 heavy (non-hydrogen) atoms. The van der Waals surface area contributed by atoms with E-state index in [9.17, 15) is 14.3 Å². The first kappa shape index (κ1) is 15.0. The summed E-state index contributed by atoms with van der Waals surface area (Å²) in [5.74, 6) is -0.401. The van der Waals surface area contributed by atoms with Crippen molar-refractivity contribution < 1.29 is 14.3 Å². The Bertz CT molecular complexity index is 612. The van der Waals surface area contributed by atoms with Crippen LogP contribution in [0.3, 0.4) is 0 Å². The van der Waals surface area contributed by atoms with E-state index in [1.165, 1.54) is 18.2 Å². The molecule has 110 valence electrons.